The molecule has 20 heavy (non-hydrogen) atoms. The lowest BCUT2D eigenvalue weighted by Crippen LogP contribution is -2.46. The molecule has 1 saturated heterocycles. The normalized spacial score (nSPS) is 25.8. The van der Waals surface area contributed by atoms with Crippen molar-refractivity contribution in [3.8, 4) is 0 Å². The fourth-order valence-corrected chi connectivity index (χ4v) is 6.82. The predicted molar refractivity (Wildman–Crippen MR) is 81.1 cm³/mol. The molecule has 0 aliphatic carbocycles. The van der Waals surface area contributed by atoms with E-state index in [2.05, 4.69) is 20.7 Å². The Morgan fingerprint density at radius 2 is 2.05 bits per heavy atom. The summed E-state index contributed by atoms with van der Waals surface area (Å²) < 4.78 is 50.8. The Kier molecular flexibility index (Phi) is 4.25. The van der Waals surface area contributed by atoms with Crippen LogP contribution in [0.5, 0.6) is 0 Å². The van der Waals surface area contributed by atoms with Crippen LogP contribution < -0.4 is 4.72 Å². The van der Waals surface area contributed by atoms with Crippen LogP contribution in [0.3, 0.4) is 0 Å². The molecule has 0 amide bonds. The maximum atomic E-state index is 12.3. The Morgan fingerprint density at radius 1 is 1.40 bits per heavy atom. The highest BCUT2D eigenvalue weighted by Crippen LogP contribution is 2.29. The molecule has 0 saturated carbocycles. The summed E-state index contributed by atoms with van der Waals surface area (Å²) >= 11 is 9.13. The Bertz CT molecular complexity index is 748. The number of nitrogens with one attached hydrogen (secondary N) is 1. The Hall–Kier alpha value is -0.150. The molecule has 1 heterocycles. The molecule has 1 N–H and O–H groups in total. The average molecular weight is 403 g/mol. The minimum Gasteiger partial charge on any atom is -0.229 e. The fraction of sp³-hybridized carbons (Fsp3) is 0.455. The fourth-order valence-electron chi connectivity index (χ4n) is 2.16. The highest BCUT2D eigenvalue weighted by Gasteiger charge is 2.41. The van der Waals surface area contributed by atoms with Crippen molar-refractivity contribution in [3.05, 3.63) is 27.7 Å². The molecule has 0 spiro atoms. The Morgan fingerprint density at radius 3 is 2.55 bits per heavy atom. The summed E-state index contributed by atoms with van der Waals surface area (Å²) in [5.41, 5.74) is -0.992. The summed E-state index contributed by atoms with van der Waals surface area (Å²) in [5.74, 6) is -0.215. The number of rotatable bonds is 3. The van der Waals surface area contributed by atoms with Crippen LogP contribution in [0.25, 0.3) is 0 Å². The highest BCUT2D eigenvalue weighted by molar-refractivity contribution is 9.10. The molecular formula is C11H13BrClNO4S2. The lowest BCUT2D eigenvalue weighted by molar-refractivity contribution is 0.462. The van der Waals surface area contributed by atoms with Gasteiger partial charge in [0.05, 0.1) is 16.5 Å². The summed E-state index contributed by atoms with van der Waals surface area (Å²) in [4.78, 5) is -0.0621. The maximum absolute atomic E-state index is 12.3. The topological polar surface area (TPSA) is 80.3 Å². The van der Waals surface area contributed by atoms with E-state index in [4.69, 9.17) is 11.6 Å². The molecule has 5 nitrogen and oxygen atoms in total. The van der Waals surface area contributed by atoms with Crippen molar-refractivity contribution < 1.29 is 16.8 Å². The van der Waals surface area contributed by atoms with Crippen LogP contribution in [0.2, 0.25) is 5.02 Å². The largest absolute Gasteiger partial charge is 0.242 e. The van der Waals surface area contributed by atoms with Crippen LogP contribution in [0.15, 0.2) is 27.6 Å². The van der Waals surface area contributed by atoms with Crippen molar-refractivity contribution in [1.29, 1.82) is 0 Å². The van der Waals surface area contributed by atoms with Crippen molar-refractivity contribution >= 4 is 47.4 Å². The first-order chi connectivity index (χ1) is 9.03. The van der Waals surface area contributed by atoms with Crippen LogP contribution in [-0.4, -0.2) is 33.9 Å². The molecule has 9 heteroatoms. The van der Waals surface area contributed by atoms with Crippen molar-refractivity contribution in [2.45, 2.75) is 23.8 Å². The van der Waals surface area contributed by atoms with Gasteiger partial charge in [-0.25, -0.2) is 21.6 Å². The molecule has 1 unspecified atom stereocenters. The first-order valence-electron chi connectivity index (χ1n) is 5.73. The summed E-state index contributed by atoms with van der Waals surface area (Å²) in [6.07, 6.45) is 0.253. The van der Waals surface area contributed by atoms with Gasteiger partial charge >= 0.3 is 0 Å². The molecule has 1 aromatic rings. The minimum atomic E-state index is -3.87. The second-order valence-electron chi connectivity index (χ2n) is 5.08. The van der Waals surface area contributed by atoms with Crippen LogP contribution in [0.1, 0.15) is 13.3 Å². The Balaban J connectivity index is 2.33. The second kappa shape index (κ2) is 5.24. The smallest absolute Gasteiger partial charge is 0.229 e. The van der Waals surface area contributed by atoms with Gasteiger partial charge in [-0.1, -0.05) is 27.5 Å². The zero-order valence-electron chi connectivity index (χ0n) is 10.6. The van der Waals surface area contributed by atoms with E-state index < -0.39 is 25.4 Å². The van der Waals surface area contributed by atoms with E-state index in [9.17, 15) is 16.8 Å². The number of hydrogen-bond donors (Lipinski definition) is 1. The SMILES string of the molecule is CC1(NS(=O)(=O)c2ccc(Br)cc2Cl)CCS(=O)(=O)C1. The molecule has 1 aromatic carbocycles. The third-order valence-electron chi connectivity index (χ3n) is 3.07. The van der Waals surface area contributed by atoms with E-state index in [1.165, 1.54) is 12.1 Å². The van der Waals surface area contributed by atoms with Crippen LogP contribution in [0.4, 0.5) is 0 Å². The molecule has 1 aliphatic rings. The monoisotopic (exact) mass is 401 g/mol. The van der Waals surface area contributed by atoms with Gasteiger partial charge in [0, 0.05) is 10.0 Å². The molecule has 0 aromatic heterocycles. The maximum Gasteiger partial charge on any atom is 0.242 e. The van der Waals surface area contributed by atoms with E-state index in [1.54, 1.807) is 13.0 Å². The quantitative estimate of drug-likeness (QED) is 0.838. The number of hydrogen-bond acceptors (Lipinski definition) is 4. The predicted octanol–water partition coefficient (Wildman–Crippen LogP) is 1.96. The number of sulfone groups is 1. The zero-order valence-corrected chi connectivity index (χ0v) is 14.5. The summed E-state index contributed by atoms with van der Waals surface area (Å²) in [7, 11) is -7.06. The standard InChI is InChI=1S/C11H13BrClNO4S2/c1-11(4-5-19(15,16)7-11)14-20(17,18)10-3-2-8(12)6-9(10)13/h2-3,6,14H,4-5,7H2,1H3. The van der Waals surface area contributed by atoms with Gasteiger partial charge in [0.1, 0.15) is 4.90 Å². The van der Waals surface area contributed by atoms with Gasteiger partial charge in [0.2, 0.25) is 10.0 Å². The van der Waals surface area contributed by atoms with Crippen molar-refractivity contribution in [2.75, 3.05) is 11.5 Å². The van der Waals surface area contributed by atoms with Gasteiger partial charge in [-0.15, -0.1) is 0 Å². The molecule has 1 aliphatic heterocycles. The van der Waals surface area contributed by atoms with Crippen LogP contribution in [-0.2, 0) is 19.9 Å². The Labute approximate surface area is 131 Å². The molecular weight excluding hydrogens is 390 g/mol. The lowest BCUT2D eigenvalue weighted by atomic mass is 10.0. The van der Waals surface area contributed by atoms with Crippen LogP contribution >= 0.6 is 27.5 Å². The van der Waals surface area contributed by atoms with Gasteiger partial charge in [0.15, 0.2) is 9.84 Å². The number of sulfonamides is 1. The van der Waals surface area contributed by atoms with Crippen molar-refractivity contribution in [1.82, 2.24) is 4.72 Å². The third-order valence-corrected chi connectivity index (χ3v) is 7.59. The van der Waals surface area contributed by atoms with Gasteiger partial charge in [-0.05, 0) is 31.5 Å². The first-order valence-corrected chi connectivity index (χ1v) is 10.2. The van der Waals surface area contributed by atoms with Gasteiger partial charge in [-0.2, -0.15) is 0 Å². The van der Waals surface area contributed by atoms with Crippen molar-refractivity contribution in [2.24, 2.45) is 0 Å². The number of halogens is 2. The molecule has 1 fully saturated rings. The van der Waals surface area contributed by atoms with E-state index in [0.717, 1.165) is 0 Å². The van der Waals surface area contributed by atoms with Gasteiger partial charge < -0.3 is 0 Å². The van der Waals surface area contributed by atoms with E-state index in [-0.39, 0.29) is 27.8 Å². The first kappa shape index (κ1) is 16.2. The van der Waals surface area contributed by atoms with E-state index in [0.29, 0.717) is 4.47 Å². The molecule has 2 rings (SSSR count). The van der Waals surface area contributed by atoms with E-state index in [1.807, 2.05) is 0 Å². The highest BCUT2D eigenvalue weighted by atomic mass is 79.9. The molecule has 0 bridgehead atoms. The average Bonchev–Trinajstić information content (AvgIpc) is 2.50. The lowest BCUT2D eigenvalue weighted by Gasteiger charge is -2.23. The van der Waals surface area contributed by atoms with Gasteiger partial charge in [-0.3, -0.25) is 0 Å². The second-order valence-corrected chi connectivity index (χ2v) is 10.2. The third kappa shape index (κ3) is 3.54. The van der Waals surface area contributed by atoms with Gasteiger partial charge in [0.25, 0.3) is 0 Å². The minimum absolute atomic E-state index is 0.0138. The van der Waals surface area contributed by atoms with Crippen molar-refractivity contribution in [3.63, 3.8) is 0 Å². The molecule has 0 radical (unpaired) electrons. The van der Waals surface area contributed by atoms with Crippen LogP contribution in [0, 0.1) is 0 Å². The zero-order chi connectivity index (χ0) is 15.2. The van der Waals surface area contributed by atoms with E-state index >= 15 is 0 Å². The summed E-state index contributed by atoms with van der Waals surface area (Å²) in [5, 5.41) is 0.0799. The molecule has 112 valence electrons. The summed E-state index contributed by atoms with van der Waals surface area (Å²) in [6.45, 7) is 1.59. The summed E-state index contributed by atoms with van der Waals surface area (Å²) in [6, 6.07) is 4.42. The molecule has 1 atom stereocenters. The number of benzene rings is 1.